The van der Waals surface area contributed by atoms with Crippen molar-refractivity contribution in [2.24, 2.45) is 4.99 Å². The second kappa shape index (κ2) is 5.86. The summed E-state index contributed by atoms with van der Waals surface area (Å²) in [5, 5.41) is 10.2. The monoisotopic (exact) mass is 333 g/mol. The van der Waals surface area contributed by atoms with Gasteiger partial charge in [0, 0.05) is 23.1 Å². The minimum Gasteiger partial charge on any atom is -0.508 e. The average molecular weight is 333 g/mol. The lowest BCUT2D eigenvalue weighted by molar-refractivity contribution is 0.420. The minimum atomic E-state index is -0.0977. The topological polar surface area (TPSA) is 68.7 Å². The highest BCUT2D eigenvalue weighted by Gasteiger charge is 2.28. The zero-order chi connectivity index (χ0) is 17.6. The molecule has 0 radical (unpaired) electrons. The van der Waals surface area contributed by atoms with Gasteiger partial charge in [0.25, 0.3) is 0 Å². The second-order valence-corrected chi connectivity index (χ2v) is 6.51. The number of phenols is 1. The molecule has 3 aromatic rings. The molecule has 1 aromatic heterocycles. The summed E-state index contributed by atoms with van der Waals surface area (Å²) in [6.07, 6.45) is 0. The van der Waals surface area contributed by atoms with E-state index in [1.165, 1.54) is 6.07 Å². The molecule has 1 aliphatic rings. The molecule has 25 heavy (non-hydrogen) atoms. The van der Waals surface area contributed by atoms with Gasteiger partial charge in [-0.15, -0.1) is 0 Å². The van der Waals surface area contributed by atoms with E-state index < -0.39 is 0 Å². The van der Waals surface area contributed by atoms with Gasteiger partial charge in [-0.05, 0) is 32.3 Å². The lowest BCUT2D eigenvalue weighted by Gasteiger charge is -2.08. The molecule has 5 nitrogen and oxygen atoms in total. The van der Waals surface area contributed by atoms with E-state index in [9.17, 15) is 9.90 Å². The molecule has 0 spiro atoms. The van der Waals surface area contributed by atoms with Gasteiger partial charge in [-0.3, -0.25) is 9.79 Å². The van der Waals surface area contributed by atoms with Gasteiger partial charge in [-0.2, -0.15) is 0 Å². The Morgan fingerprint density at radius 2 is 1.88 bits per heavy atom. The van der Waals surface area contributed by atoms with Crippen LogP contribution in [0, 0.1) is 0 Å². The summed E-state index contributed by atoms with van der Waals surface area (Å²) in [4.78, 5) is 23.3. The van der Waals surface area contributed by atoms with E-state index >= 15 is 0 Å². The molecule has 2 N–H and O–H groups in total. The average Bonchev–Trinajstić information content (AvgIpc) is 2.90. The molecule has 1 heterocycles. The Morgan fingerprint density at radius 1 is 1.12 bits per heavy atom. The molecule has 5 heteroatoms. The van der Waals surface area contributed by atoms with Gasteiger partial charge in [-0.1, -0.05) is 24.3 Å². The van der Waals surface area contributed by atoms with E-state index in [0.29, 0.717) is 23.0 Å². The quantitative estimate of drug-likeness (QED) is 0.605. The van der Waals surface area contributed by atoms with E-state index in [2.05, 4.69) is 9.88 Å². The zero-order valence-electron chi connectivity index (χ0n) is 14.2. The number of nitrogens with zero attached hydrogens (tertiary/aromatic N) is 2. The molecule has 126 valence electrons. The fourth-order valence-electron chi connectivity index (χ4n) is 3.27. The molecule has 1 aliphatic carbocycles. The first-order chi connectivity index (χ1) is 12.1. The standard InChI is InChI=1S/C20H19N3O2/c1-23(2)10-9-21-18-13-5-3-4-6-14(13)19-17(18)20(25)15-11-12(24)7-8-16(15)22-19/h3-8,11,24H,9-10H2,1-2H3,(H,22,25). The first kappa shape index (κ1) is 15.6. The van der Waals surface area contributed by atoms with Crippen LogP contribution < -0.4 is 5.43 Å². The van der Waals surface area contributed by atoms with Gasteiger partial charge in [0.2, 0.25) is 0 Å². The van der Waals surface area contributed by atoms with Gasteiger partial charge >= 0.3 is 0 Å². The molecular weight excluding hydrogens is 314 g/mol. The number of phenolic OH excluding ortho intramolecular Hbond substituents is 1. The number of nitrogens with one attached hydrogen (secondary N) is 1. The second-order valence-electron chi connectivity index (χ2n) is 6.51. The third-order valence-electron chi connectivity index (χ3n) is 4.49. The number of aromatic amines is 1. The van der Waals surface area contributed by atoms with Crippen molar-refractivity contribution >= 4 is 16.6 Å². The lowest BCUT2D eigenvalue weighted by atomic mass is 10.1. The van der Waals surface area contributed by atoms with Crippen molar-refractivity contribution in [3.8, 4) is 17.0 Å². The summed E-state index contributed by atoms with van der Waals surface area (Å²) in [5.41, 5.74) is 4.72. The maximum Gasteiger partial charge on any atom is 0.199 e. The summed E-state index contributed by atoms with van der Waals surface area (Å²) < 4.78 is 0. The van der Waals surface area contributed by atoms with E-state index in [1.807, 2.05) is 38.4 Å². The van der Waals surface area contributed by atoms with E-state index in [0.717, 1.165) is 29.1 Å². The molecule has 0 fully saturated rings. The Kier molecular flexibility index (Phi) is 3.66. The number of aliphatic imine (C=N–C) groups is 1. The highest BCUT2D eigenvalue weighted by molar-refractivity contribution is 6.24. The van der Waals surface area contributed by atoms with Crippen LogP contribution in [0.3, 0.4) is 0 Å². The Balaban J connectivity index is 1.99. The van der Waals surface area contributed by atoms with Crippen molar-refractivity contribution in [3.63, 3.8) is 0 Å². The number of aromatic nitrogens is 1. The van der Waals surface area contributed by atoms with Crippen molar-refractivity contribution in [2.75, 3.05) is 27.2 Å². The molecule has 0 amide bonds. The third kappa shape index (κ3) is 2.53. The van der Waals surface area contributed by atoms with Crippen molar-refractivity contribution in [1.82, 2.24) is 9.88 Å². The number of hydrogen-bond acceptors (Lipinski definition) is 4. The van der Waals surface area contributed by atoms with Gasteiger partial charge in [0.05, 0.1) is 29.0 Å². The normalized spacial score (nSPS) is 14.3. The molecule has 0 saturated heterocycles. The lowest BCUT2D eigenvalue weighted by Crippen LogP contribution is -2.19. The van der Waals surface area contributed by atoms with Crippen molar-refractivity contribution < 1.29 is 5.11 Å². The fourth-order valence-corrected chi connectivity index (χ4v) is 3.27. The van der Waals surface area contributed by atoms with E-state index in [4.69, 9.17) is 4.99 Å². The van der Waals surface area contributed by atoms with Crippen molar-refractivity contribution in [1.29, 1.82) is 0 Å². The third-order valence-corrected chi connectivity index (χ3v) is 4.49. The number of hydrogen-bond donors (Lipinski definition) is 2. The first-order valence-electron chi connectivity index (χ1n) is 8.24. The number of benzene rings is 2. The van der Waals surface area contributed by atoms with Crippen molar-refractivity contribution in [2.45, 2.75) is 0 Å². The van der Waals surface area contributed by atoms with Gasteiger partial charge in [-0.25, -0.2) is 0 Å². The molecular formula is C20H19N3O2. The number of pyridine rings is 1. The molecule has 0 atom stereocenters. The molecule has 2 aromatic carbocycles. The van der Waals surface area contributed by atoms with Crippen LogP contribution in [0.2, 0.25) is 0 Å². The predicted octanol–water partition coefficient (Wildman–Crippen LogP) is 2.61. The summed E-state index contributed by atoms with van der Waals surface area (Å²) in [5.74, 6) is 0.0829. The van der Waals surface area contributed by atoms with Gasteiger partial charge in [0.15, 0.2) is 5.43 Å². The van der Waals surface area contributed by atoms with E-state index in [-0.39, 0.29) is 11.2 Å². The van der Waals surface area contributed by atoms with Crippen LogP contribution in [0.5, 0.6) is 5.75 Å². The first-order valence-corrected chi connectivity index (χ1v) is 8.24. The summed E-state index contributed by atoms with van der Waals surface area (Å²) in [6.45, 7) is 1.43. The predicted molar refractivity (Wildman–Crippen MR) is 101 cm³/mol. The molecule has 0 unspecified atom stereocenters. The Morgan fingerprint density at radius 3 is 2.64 bits per heavy atom. The van der Waals surface area contributed by atoms with Crippen LogP contribution in [0.25, 0.3) is 22.2 Å². The smallest absolute Gasteiger partial charge is 0.199 e. The number of fused-ring (bicyclic) bond motifs is 4. The summed E-state index contributed by atoms with van der Waals surface area (Å²) >= 11 is 0. The van der Waals surface area contributed by atoms with Crippen LogP contribution in [0.15, 0.2) is 52.3 Å². The Hall–Kier alpha value is -2.92. The Bertz CT molecular complexity index is 1060. The minimum absolute atomic E-state index is 0.0829. The largest absolute Gasteiger partial charge is 0.508 e. The van der Waals surface area contributed by atoms with Crippen molar-refractivity contribution in [3.05, 3.63) is 63.8 Å². The number of rotatable bonds is 3. The molecule has 4 rings (SSSR count). The van der Waals surface area contributed by atoms with Crippen LogP contribution in [-0.4, -0.2) is 47.9 Å². The number of H-pyrrole nitrogens is 1. The molecule has 0 bridgehead atoms. The van der Waals surface area contributed by atoms with Crippen LogP contribution in [0.4, 0.5) is 0 Å². The molecule has 0 saturated carbocycles. The van der Waals surface area contributed by atoms with Crippen LogP contribution >= 0.6 is 0 Å². The maximum absolute atomic E-state index is 13.1. The fraction of sp³-hybridized carbons (Fsp3) is 0.200. The SMILES string of the molecule is CN(C)CCN=C1c2ccccc2-c2[nH]c3ccc(O)cc3c(=O)c21. The van der Waals surface area contributed by atoms with E-state index in [1.54, 1.807) is 12.1 Å². The highest BCUT2D eigenvalue weighted by Crippen LogP contribution is 2.35. The van der Waals surface area contributed by atoms with Crippen LogP contribution in [0.1, 0.15) is 11.1 Å². The Labute approximate surface area is 145 Å². The summed E-state index contributed by atoms with van der Waals surface area (Å²) in [6, 6.07) is 12.7. The van der Waals surface area contributed by atoms with Crippen LogP contribution in [-0.2, 0) is 0 Å². The van der Waals surface area contributed by atoms with Gasteiger partial charge in [0.1, 0.15) is 5.75 Å². The number of aromatic hydroxyl groups is 1. The zero-order valence-corrected chi connectivity index (χ0v) is 14.2. The number of likely N-dealkylation sites (N-methyl/N-ethyl adjacent to an activating group) is 1. The maximum atomic E-state index is 13.1. The van der Waals surface area contributed by atoms with Gasteiger partial charge < -0.3 is 15.0 Å². The summed E-state index contributed by atoms with van der Waals surface area (Å²) in [7, 11) is 4.00. The molecule has 0 aliphatic heterocycles. The highest BCUT2D eigenvalue weighted by atomic mass is 16.3.